The van der Waals surface area contributed by atoms with Crippen LogP contribution in [0.25, 0.3) is 0 Å². The molecule has 0 aromatic rings. The fraction of sp³-hybridized carbons (Fsp3) is 1.00. The lowest BCUT2D eigenvalue weighted by Crippen LogP contribution is -2.25. The zero-order valence-corrected chi connectivity index (χ0v) is 7.66. The Hall–Kier alpha value is 0.0600. The second kappa shape index (κ2) is 3.20. The summed E-state index contributed by atoms with van der Waals surface area (Å²) in [4.78, 5) is 0. The van der Waals surface area contributed by atoms with E-state index in [2.05, 4.69) is 0 Å². The molecule has 0 amide bonds. The van der Waals surface area contributed by atoms with Gasteiger partial charge < -0.3 is 0 Å². The van der Waals surface area contributed by atoms with E-state index in [0.29, 0.717) is 12.8 Å². The highest BCUT2D eigenvalue weighted by atomic mass is 32.2. The van der Waals surface area contributed by atoms with E-state index >= 15 is 0 Å². The molecule has 1 aliphatic rings. The molecule has 0 aliphatic carbocycles. The Morgan fingerprint density at radius 1 is 1.55 bits per heavy atom. The normalized spacial score (nSPS) is 31.9. The fourth-order valence-electron chi connectivity index (χ4n) is 1.23. The Bertz CT molecular complexity index is 259. The van der Waals surface area contributed by atoms with Crippen molar-refractivity contribution in [2.45, 2.75) is 18.1 Å². The van der Waals surface area contributed by atoms with E-state index in [1.807, 2.05) is 0 Å². The van der Waals surface area contributed by atoms with Gasteiger partial charge in [-0.15, -0.1) is 0 Å². The van der Waals surface area contributed by atoms with Gasteiger partial charge in [0.25, 0.3) is 0 Å². The molecule has 2 unspecified atom stereocenters. The molecule has 0 spiro atoms. The molecule has 2 atom stereocenters. The maximum absolute atomic E-state index is 11.1. The van der Waals surface area contributed by atoms with Gasteiger partial charge >= 0.3 is 0 Å². The van der Waals surface area contributed by atoms with Crippen molar-refractivity contribution in [3.8, 4) is 0 Å². The second-order valence-corrected chi connectivity index (χ2v) is 6.17. The van der Waals surface area contributed by atoms with Crippen LogP contribution in [0.5, 0.6) is 0 Å². The van der Waals surface area contributed by atoms with Gasteiger partial charge in [-0.1, -0.05) is 0 Å². The lowest BCUT2D eigenvalue weighted by atomic mass is 10.3. The first-order valence-corrected chi connectivity index (χ1v) is 6.46. The maximum atomic E-state index is 11.1. The zero-order chi connectivity index (χ0) is 8.48. The molecular formula is C5H11NO3S2. The van der Waals surface area contributed by atoms with Gasteiger partial charge in [-0.2, -0.15) is 0 Å². The monoisotopic (exact) mass is 197 g/mol. The molecule has 0 aromatic heterocycles. The second-order valence-electron chi connectivity index (χ2n) is 2.68. The van der Waals surface area contributed by atoms with E-state index in [9.17, 15) is 12.6 Å². The minimum absolute atomic E-state index is 0.0995. The predicted molar refractivity (Wildman–Crippen MR) is 44.0 cm³/mol. The number of hydrogen-bond donors (Lipinski definition) is 1. The fourth-order valence-corrected chi connectivity index (χ4v) is 4.42. The zero-order valence-electron chi connectivity index (χ0n) is 6.02. The summed E-state index contributed by atoms with van der Waals surface area (Å²) < 4.78 is 32.7. The van der Waals surface area contributed by atoms with Crippen molar-refractivity contribution in [2.24, 2.45) is 5.14 Å². The molecule has 0 aromatic carbocycles. The Kier molecular flexibility index (Phi) is 2.66. The largest absolute Gasteiger partial charge is 0.252 e. The van der Waals surface area contributed by atoms with Crippen molar-refractivity contribution < 1.29 is 12.6 Å². The summed E-state index contributed by atoms with van der Waals surface area (Å²) in [6.07, 6.45) is 1.30. The average molecular weight is 197 g/mol. The highest BCUT2D eigenvalue weighted by molar-refractivity contribution is 7.93. The van der Waals surface area contributed by atoms with Gasteiger partial charge in [0.15, 0.2) is 9.84 Å². The van der Waals surface area contributed by atoms with Crippen LogP contribution in [-0.2, 0) is 20.8 Å². The Labute approximate surface area is 68.7 Å². The molecule has 0 radical (unpaired) electrons. The topological polar surface area (TPSA) is 77.2 Å². The molecular weight excluding hydrogens is 186 g/mol. The molecule has 1 aliphatic heterocycles. The van der Waals surface area contributed by atoms with Gasteiger partial charge in [-0.05, 0) is 12.8 Å². The predicted octanol–water partition coefficient (Wildman–Crippen LogP) is -0.814. The van der Waals surface area contributed by atoms with Gasteiger partial charge in [0.05, 0.1) is 27.7 Å². The van der Waals surface area contributed by atoms with E-state index in [0.717, 1.165) is 0 Å². The highest BCUT2D eigenvalue weighted by Gasteiger charge is 2.31. The lowest BCUT2D eigenvalue weighted by molar-refractivity contribution is 0.593. The van der Waals surface area contributed by atoms with Crippen LogP contribution in [0.2, 0.25) is 0 Å². The standard InChI is InChI=1S/C5H11NO3S2/c6-10(7)4-5-2-1-3-11(5,8)9/h5H,1-4,6H2. The van der Waals surface area contributed by atoms with Crippen LogP contribution in [0.15, 0.2) is 0 Å². The van der Waals surface area contributed by atoms with Crippen LogP contribution >= 0.6 is 0 Å². The van der Waals surface area contributed by atoms with Crippen LogP contribution < -0.4 is 5.14 Å². The summed E-state index contributed by atoms with van der Waals surface area (Å²) in [7, 11) is -4.44. The van der Waals surface area contributed by atoms with Crippen molar-refractivity contribution in [2.75, 3.05) is 11.5 Å². The number of hydrogen-bond acceptors (Lipinski definition) is 3. The van der Waals surface area contributed by atoms with Gasteiger partial charge in [-0.3, -0.25) is 5.14 Å². The Morgan fingerprint density at radius 3 is 2.55 bits per heavy atom. The van der Waals surface area contributed by atoms with E-state index in [1.54, 1.807) is 0 Å². The van der Waals surface area contributed by atoms with Gasteiger partial charge in [0.1, 0.15) is 0 Å². The minimum Gasteiger partial charge on any atom is -0.252 e. The smallest absolute Gasteiger partial charge is 0.154 e. The van der Waals surface area contributed by atoms with Crippen LogP contribution in [0.3, 0.4) is 0 Å². The van der Waals surface area contributed by atoms with E-state index in [-0.39, 0.29) is 11.5 Å². The number of sulfone groups is 1. The number of nitrogens with two attached hydrogens (primary N) is 1. The SMILES string of the molecule is NS(=O)CC1CCCS1(=O)=O. The van der Waals surface area contributed by atoms with Gasteiger partial charge in [-0.25, -0.2) is 12.6 Å². The molecule has 1 saturated heterocycles. The number of rotatable bonds is 2. The van der Waals surface area contributed by atoms with Crippen LogP contribution in [0.4, 0.5) is 0 Å². The first kappa shape index (κ1) is 9.15. The molecule has 6 heteroatoms. The summed E-state index contributed by atoms with van der Waals surface area (Å²) in [6, 6.07) is 0. The third-order valence-electron chi connectivity index (χ3n) is 1.81. The van der Waals surface area contributed by atoms with Crippen molar-refractivity contribution >= 4 is 20.8 Å². The summed E-state index contributed by atoms with van der Waals surface area (Å²) in [5.74, 6) is 0.331. The summed E-state index contributed by atoms with van der Waals surface area (Å²) in [6.45, 7) is 0. The Morgan fingerprint density at radius 2 is 2.18 bits per heavy atom. The molecule has 1 fully saturated rings. The van der Waals surface area contributed by atoms with Crippen molar-refractivity contribution in [3.05, 3.63) is 0 Å². The van der Waals surface area contributed by atoms with E-state index in [4.69, 9.17) is 5.14 Å². The average Bonchev–Trinajstić information content (AvgIpc) is 2.10. The highest BCUT2D eigenvalue weighted by Crippen LogP contribution is 2.19. The summed E-state index contributed by atoms with van der Waals surface area (Å²) in [5.41, 5.74) is 0. The minimum atomic E-state index is -2.96. The van der Waals surface area contributed by atoms with Crippen molar-refractivity contribution in [1.29, 1.82) is 0 Å². The van der Waals surface area contributed by atoms with Crippen LogP contribution in [0, 0.1) is 0 Å². The molecule has 66 valence electrons. The lowest BCUT2D eigenvalue weighted by Gasteiger charge is -2.04. The molecule has 4 nitrogen and oxygen atoms in total. The van der Waals surface area contributed by atoms with Crippen molar-refractivity contribution in [1.82, 2.24) is 0 Å². The maximum Gasteiger partial charge on any atom is 0.154 e. The summed E-state index contributed by atoms with van der Waals surface area (Å²) in [5, 5.41) is 4.55. The van der Waals surface area contributed by atoms with Gasteiger partial charge in [0, 0.05) is 0 Å². The Balaban J connectivity index is 2.66. The summed E-state index contributed by atoms with van der Waals surface area (Å²) >= 11 is 0. The quantitative estimate of drug-likeness (QED) is 0.628. The third kappa shape index (κ3) is 2.25. The molecule has 11 heavy (non-hydrogen) atoms. The van der Waals surface area contributed by atoms with Crippen LogP contribution in [-0.4, -0.2) is 29.4 Å². The van der Waals surface area contributed by atoms with Crippen molar-refractivity contribution in [3.63, 3.8) is 0 Å². The first-order valence-electron chi connectivity index (χ1n) is 3.37. The van der Waals surface area contributed by atoms with Crippen LogP contribution in [0.1, 0.15) is 12.8 Å². The van der Waals surface area contributed by atoms with E-state index < -0.39 is 26.1 Å². The van der Waals surface area contributed by atoms with Gasteiger partial charge in [0.2, 0.25) is 0 Å². The molecule has 1 heterocycles. The molecule has 1 rings (SSSR count). The third-order valence-corrected chi connectivity index (χ3v) is 5.03. The first-order chi connectivity index (χ1) is 5.02. The molecule has 0 bridgehead atoms. The molecule has 2 N–H and O–H groups in total. The molecule has 0 saturated carbocycles. The van der Waals surface area contributed by atoms with E-state index in [1.165, 1.54) is 0 Å².